The van der Waals surface area contributed by atoms with Crippen molar-refractivity contribution in [2.24, 2.45) is 0 Å². The highest BCUT2D eigenvalue weighted by Crippen LogP contribution is 2.06. The Labute approximate surface area is 60.2 Å². The molecule has 1 rings (SSSR count). The van der Waals surface area contributed by atoms with Gasteiger partial charge in [-0.1, -0.05) is 0 Å². The summed E-state index contributed by atoms with van der Waals surface area (Å²) in [5.41, 5.74) is 0. The van der Waals surface area contributed by atoms with Gasteiger partial charge in [0.2, 0.25) is 0 Å². The molecule has 1 unspecified atom stereocenters. The summed E-state index contributed by atoms with van der Waals surface area (Å²) < 4.78 is 2.09. The summed E-state index contributed by atoms with van der Waals surface area (Å²) >= 11 is 5.62. The fourth-order valence-corrected chi connectivity index (χ4v) is 0.881. The van der Waals surface area contributed by atoms with Gasteiger partial charge < -0.3 is 4.57 Å². The van der Waals surface area contributed by atoms with Crippen LogP contribution < -0.4 is 0 Å². The van der Waals surface area contributed by atoms with Crippen LogP contribution in [-0.4, -0.2) is 10.4 Å². The van der Waals surface area contributed by atoms with Crippen LogP contribution in [0.3, 0.4) is 0 Å². The molecule has 1 aromatic rings. The van der Waals surface area contributed by atoms with Crippen LogP contribution in [0.2, 0.25) is 0 Å². The largest absolute Gasteiger partial charge is 0.350 e. The van der Waals surface area contributed by atoms with Crippen molar-refractivity contribution in [1.82, 2.24) is 4.57 Å². The van der Waals surface area contributed by atoms with E-state index in [2.05, 4.69) is 11.5 Å². The lowest BCUT2D eigenvalue weighted by Crippen LogP contribution is -2.02. The van der Waals surface area contributed by atoms with Gasteiger partial charge >= 0.3 is 0 Å². The van der Waals surface area contributed by atoms with E-state index in [1.165, 1.54) is 0 Å². The van der Waals surface area contributed by atoms with Crippen LogP contribution in [0.5, 0.6) is 0 Å². The average Bonchev–Trinajstić information content (AvgIpc) is 2.37. The van der Waals surface area contributed by atoms with Crippen molar-refractivity contribution < 1.29 is 0 Å². The van der Waals surface area contributed by atoms with Gasteiger partial charge in [0, 0.05) is 24.3 Å². The number of hydrogen-bond acceptors (Lipinski definition) is 0. The monoisotopic (exact) mass is 143 g/mol. The number of nitrogens with zero attached hydrogens (tertiary/aromatic N) is 1. The second-order valence-electron chi connectivity index (χ2n) is 2.13. The predicted molar refractivity (Wildman–Crippen MR) is 39.9 cm³/mol. The molecule has 0 bridgehead atoms. The summed E-state index contributed by atoms with van der Waals surface area (Å²) in [5, 5.41) is 0. The van der Waals surface area contributed by atoms with E-state index in [1.807, 2.05) is 24.5 Å². The Balaban J connectivity index is 2.65. The standard InChI is InChI=1S/C7H10ClN/c1-7(6-8)9-4-2-3-5-9/h2-5,7H,6H2,1H3. The zero-order valence-electron chi connectivity index (χ0n) is 5.42. The fraction of sp³-hybridized carbons (Fsp3) is 0.429. The van der Waals surface area contributed by atoms with Crippen LogP contribution in [0.25, 0.3) is 0 Å². The summed E-state index contributed by atoms with van der Waals surface area (Å²) in [7, 11) is 0. The Morgan fingerprint density at radius 2 is 2.00 bits per heavy atom. The van der Waals surface area contributed by atoms with Crippen LogP contribution >= 0.6 is 11.6 Å². The molecule has 50 valence electrons. The van der Waals surface area contributed by atoms with Crippen LogP contribution in [-0.2, 0) is 0 Å². The molecule has 0 aliphatic carbocycles. The van der Waals surface area contributed by atoms with E-state index < -0.39 is 0 Å². The van der Waals surface area contributed by atoms with Crippen molar-refractivity contribution in [3.63, 3.8) is 0 Å². The highest BCUT2D eigenvalue weighted by Gasteiger charge is 1.97. The molecule has 1 heterocycles. The van der Waals surface area contributed by atoms with Crippen LogP contribution in [0.1, 0.15) is 13.0 Å². The summed E-state index contributed by atoms with van der Waals surface area (Å²) in [4.78, 5) is 0. The van der Waals surface area contributed by atoms with Gasteiger partial charge in [-0.3, -0.25) is 0 Å². The molecule has 1 aromatic heterocycles. The Morgan fingerprint density at radius 1 is 1.44 bits per heavy atom. The van der Waals surface area contributed by atoms with Gasteiger partial charge in [0.25, 0.3) is 0 Å². The maximum Gasteiger partial charge on any atom is 0.0437 e. The lowest BCUT2D eigenvalue weighted by atomic mass is 10.4. The molecule has 0 radical (unpaired) electrons. The van der Waals surface area contributed by atoms with Crippen LogP contribution in [0, 0.1) is 0 Å². The first-order chi connectivity index (χ1) is 4.34. The van der Waals surface area contributed by atoms with E-state index >= 15 is 0 Å². The zero-order chi connectivity index (χ0) is 6.69. The SMILES string of the molecule is CC(CCl)n1cccc1. The summed E-state index contributed by atoms with van der Waals surface area (Å²) in [6.07, 6.45) is 4.04. The summed E-state index contributed by atoms with van der Waals surface area (Å²) in [6.45, 7) is 2.09. The maximum atomic E-state index is 5.62. The molecule has 0 saturated carbocycles. The van der Waals surface area contributed by atoms with Crippen molar-refractivity contribution in [3.05, 3.63) is 24.5 Å². The molecule has 0 aromatic carbocycles. The molecule has 1 atom stereocenters. The summed E-state index contributed by atoms with van der Waals surface area (Å²) in [6, 6.07) is 4.42. The minimum atomic E-state index is 0.418. The minimum Gasteiger partial charge on any atom is -0.350 e. The highest BCUT2D eigenvalue weighted by atomic mass is 35.5. The van der Waals surface area contributed by atoms with E-state index in [-0.39, 0.29) is 0 Å². The molecule has 0 aliphatic heterocycles. The predicted octanol–water partition coefficient (Wildman–Crippen LogP) is 2.29. The van der Waals surface area contributed by atoms with E-state index in [1.54, 1.807) is 0 Å². The molecule has 0 spiro atoms. The second kappa shape index (κ2) is 2.92. The molecule has 0 fully saturated rings. The third-order valence-electron chi connectivity index (χ3n) is 1.36. The van der Waals surface area contributed by atoms with Gasteiger partial charge in [0.15, 0.2) is 0 Å². The molecule has 1 nitrogen and oxygen atoms in total. The van der Waals surface area contributed by atoms with Crippen LogP contribution in [0.4, 0.5) is 0 Å². The molecule has 0 aliphatic rings. The van der Waals surface area contributed by atoms with E-state index in [0.717, 1.165) is 0 Å². The van der Waals surface area contributed by atoms with Gasteiger partial charge in [0.05, 0.1) is 0 Å². The van der Waals surface area contributed by atoms with Crippen molar-refractivity contribution in [3.8, 4) is 0 Å². The molecule has 0 amide bonds. The Morgan fingerprint density at radius 3 is 2.44 bits per heavy atom. The minimum absolute atomic E-state index is 0.418. The first kappa shape index (κ1) is 6.69. The van der Waals surface area contributed by atoms with E-state index in [0.29, 0.717) is 11.9 Å². The third-order valence-corrected chi connectivity index (χ3v) is 1.81. The number of rotatable bonds is 2. The van der Waals surface area contributed by atoms with Gasteiger partial charge in [-0.2, -0.15) is 0 Å². The summed E-state index contributed by atoms with van der Waals surface area (Å²) in [5.74, 6) is 0.675. The lowest BCUT2D eigenvalue weighted by molar-refractivity contribution is 0.610. The number of aromatic nitrogens is 1. The first-order valence-electron chi connectivity index (χ1n) is 3.03. The number of halogens is 1. The van der Waals surface area contributed by atoms with Crippen LogP contribution in [0.15, 0.2) is 24.5 Å². The van der Waals surface area contributed by atoms with Crippen molar-refractivity contribution >= 4 is 11.6 Å². The topological polar surface area (TPSA) is 4.93 Å². The lowest BCUT2D eigenvalue weighted by Gasteiger charge is -2.07. The molecule has 9 heavy (non-hydrogen) atoms. The Bertz CT molecular complexity index is 157. The third kappa shape index (κ3) is 1.49. The average molecular weight is 144 g/mol. The van der Waals surface area contributed by atoms with Gasteiger partial charge in [-0.25, -0.2) is 0 Å². The molecule has 0 N–H and O–H groups in total. The highest BCUT2D eigenvalue weighted by molar-refractivity contribution is 6.18. The quantitative estimate of drug-likeness (QED) is 0.560. The molecular formula is C7H10ClN. The normalized spacial score (nSPS) is 13.6. The number of hydrogen-bond donors (Lipinski definition) is 0. The van der Waals surface area contributed by atoms with Gasteiger partial charge in [0.1, 0.15) is 0 Å². The van der Waals surface area contributed by atoms with E-state index in [9.17, 15) is 0 Å². The van der Waals surface area contributed by atoms with Crippen molar-refractivity contribution in [2.45, 2.75) is 13.0 Å². The van der Waals surface area contributed by atoms with E-state index in [4.69, 9.17) is 11.6 Å². The molecular weight excluding hydrogens is 134 g/mol. The van der Waals surface area contributed by atoms with Gasteiger partial charge in [-0.05, 0) is 19.1 Å². The molecule has 2 heteroatoms. The number of alkyl halides is 1. The first-order valence-corrected chi connectivity index (χ1v) is 3.56. The Kier molecular flexibility index (Phi) is 2.17. The fourth-order valence-electron chi connectivity index (χ4n) is 0.721. The maximum absolute atomic E-state index is 5.62. The Hall–Kier alpha value is -0.430. The zero-order valence-corrected chi connectivity index (χ0v) is 6.17. The smallest absolute Gasteiger partial charge is 0.0437 e. The van der Waals surface area contributed by atoms with Crippen molar-refractivity contribution in [2.75, 3.05) is 5.88 Å². The second-order valence-corrected chi connectivity index (χ2v) is 2.44. The van der Waals surface area contributed by atoms with Crippen molar-refractivity contribution in [1.29, 1.82) is 0 Å². The van der Waals surface area contributed by atoms with Gasteiger partial charge in [-0.15, -0.1) is 11.6 Å². The molecule has 0 saturated heterocycles.